The molecule has 0 fully saturated rings. The van der Waals surface area contributed by atoms with Gasteiger partial charge in [-0.1, -0.05) is 6.92 Å². The molecular weight excluding hydrogens is 264 g/mol. The molecule has 3 N–H and O–H groups in total. The second-order valence-electron chi connectivity index (χ2n) is 5.10. The van der Waals surface area contributed by atoms with Gasteiger partial charge in [-0.05, 0) is 44.0 Å². The molecule has 0 spiro atoms. The van der Waals surface area contributed by atoms with Crippen molar-refractivity contribution in [3.63, 3.8) is 0 Å². The summed E-state index contributed by atoms with van der Waals surface area (Å²) in [5.41, 5.74) is 10.8. The molecular formula is C16H22N4O. The number of nitrogens with zero attached hydrogens (tertiary/aromatic N) is 2. The quantitative estimate of drug-likeness (QED) is 0.654. The molecule has 1 aromatic heterocycles. The first-order chi connectivity index (χ1) is 9.97. The summed E-state index contributed by atoms with van der Waals surface area (Å²) < 4.78 is 7.39. The molecule has 1 aromatic carbocycles. The monoisotopic (exact) mass is 286 g/mol. The number of nitrogens with one attached hydrogen (secondary N) is 1. The average Bonchev–Trinajstić information content (AvgIpc) is 2.72. The maximum absolute atomic E-state index is 7.56. The maximum Gasteiger partial charge on any atom is 0.123 e. The molecule has 2 aromatic rings. The third kappa shape index (κ3) is 2.91. The average molecular weight is 286 g/mol. The topological polar surface area (TPSA) is 76.9 Å². The molecule has 2 rings (SSSR count). The lowest BCUT2D eigenvalue weighted by Crippen LogP contribution is -2.13. The van der Waals surface area contributed by atoms with Gasteiger partial charge in [-0.2, -0.15) is 5.10 Å². The van der Waals surface area contributed by atoms with E-state index < -0.39 is 0 Å². The molecule has 5 nitrogen and oxygen atoms in total. The Balaban J connectivity index is 2.43. The number of nitrogen functional groups attached to an aromatic ring is 1. The Kier molecular flexibility index (Phi) is 4.31. The van der Waals surface area contributed by atoms with Gasteiger partial charge >= 0.3 is 0 Å². The smallest absolute Gasteiger partial charge is 0.123 e. The van der Waals surface area contributed by atoms with Crippen molar-refractivity contribution in [2.75, 3.05) is 7.11 Å². The third-order valence-electron chi connectivity index (χ3n) is 3.80. The van der Waals surface area contributed by atoms with Crippen LogP contribution >= 0.6 is 0 Å². The molecule has 0 aliphatic carbocycles. The van der Waals surface area contributed by atoms with E-state index in [1.807, 2.05) is 23.7 Å². The standard InChI is InChI=1S/C16H22N4O/c1-5-14-10(2)19-20(11(14)3)9-13-8-12(16(17)18)6-7-15(13)21-4/h6-8H,5,9H2,1-4H3,(H3,17,18). The van der Waals surface area contributed by atoms with Crippen LogP contribution in [0.1, 0.15) is 35.0 Å². The molecule has 0 aliphatic rings. The van der Waals surface area contributed by atoms with Crippen LogP contribution in [0.15, 0.2) is 18.2 Å². The summed E-state index contributed by atoms with van der Waals surface area (Å²) in [6.45, 7) is 6.86. The number of methoxy groups -OCH3 is 1. The van der Waals surface area contributed by atoms with E-state index in [0.717, 1.165) is 23.4 Å². The molecule has 0 amide bonds. The zero-order valence-corrected chi connectivity index (χ0v) is 13.0. The number of nitrogens with two attached hydrogens (primary N) is 1. The minimum Gasteiger partial charge on any atom is -0.496 e. The van der Waals surface area contributed by atoms with Crippen LogP contribution in [0.25, 0.3) is 0 Å². The lowest BCUT2D eigenvalue weighted by molar-refractivity contribution is 0.407. The molecule has 112 valence electrons. The van der Waals surface area contributed by atoms with Crippen LogP contribution in [-0.2, 0) is 13.0 Å². The zero-order valence-electron chi connectivity index (χ0n) is 13.0. The summed E-state index contributed by atoms with van der Waals surface area (Å²) >= 11 is 0. The Morgan fingerprint density at radius 3 is 2.62 bits per heavy atom. The predicted molar refractivity (Wildman–Crippen MR) is 84.2 cm³/mol. The van der Waals surface area contributed by atoms with E-state index in [-0.39, 0.29) is 5.84 Å². The second-order valence-corrected chi connectivity index (χ2v) is 5.10. The summed E-state index contributed by atoms with van der Waals surface area (Å²) in [6, 6.07) is 5.53. The summed E-state index contributed by atoms with van der Waals surface area (Å²) in [6.07, 6.45) is 0.974. The predicted octanol–water partition coefficient (Wildman–Crippen LogP) is 2.40. The lowest BCUT2D eigenvalue weighted by atomic mass is 10.1. The van der Waals surface area contributed by atoms with Crippen molar-refractivity contribution in [1.82, 2.24) is 9.78 Å². The van der Waals surface area contributed by atoms with Crippen molar-refractivity contribution in [3.8, 4) is 5.75 Å². The number of hydrogen-bond donors (Lipinski definition) is 2. The Hall–Kier alpha value is -2.30. The van der Waals surface area contributed by atoms with Gasteiger partial charge in [-0.3, -0.25) is 10.1 Å². The zero-order chi connectivity index (χ0) is 15.6. The lowest BCUT2D eigenvalue weighted by Gasteiger charge is -2.12. The molecule has 0 saturated carbocycles. The Labute approximate surface area is 125 Å². The molecule has 5 heteroatoms. The molecule has 1 heterocycles. The number of amidine groups is 1. The van der Waals surface area contributed by atoms with E-state index >= 15 is 0 Å². The van der Waals surface area contributed by atoms with Crippen LogP contribution in [0.5, 0.6) is 5.75 Å². The molecule has 0 radical (unpaired) electrons. The van der Waals surface area contributed by atoms with Gasteiger partial charge < -0.3 is 10.5 Å². The Morgan fingerprint density at radius 2 is 2.10 bits per heavy atom. The van der Waals surface area contributed by atoms with E-state index in [4.69, 9.17) is 15.9 Å². The highest BCUT2D eigenvalue weighted by atomic mass is 16.5. The van der Waals surface area contributed by atoms with Crippen LogP contribution in [0.3, 0.4) is 0 Å². The van der Waals surface area contributed by atoms with Gasteiger partial charge in [0.05, 0.1) is 19.3 Å². The number of aryl methyl sites for hydroxylation is 1. The van der Waals surface area contributed by atoms with Crippen molar-refractivity contribution >= 4 is 5.84 Å². The fraction of sp³-hybridized carbons (Fsp3) is 0.375. The molecule has 0 saturated heterocycles. The first-order valence-corrected chi connectivity index (χ1v) is 7.02. The SMILES string of the molecule is CCc1c(C)nn(Cc2cc(C(=N)N)ccc2OC)c1C. The Morgan fingerprint density at radius 1 is 1.38 bits per heavy atom. The summed E-state index contributed by atoms with van der Waals surface area (Å²) in [4.78, 5) is 0. The fourth-order valence-corrected chi connectivity index (χ4v) is 2.63. The number of rotatable bonds is 5. The molecule has 0 unspecified atom stereocenters. The normalized spacial score (nSPS) is 10.7. The summed E-state index contributed by atoms with van der Waals surface area (Å²) in [5, 5.41) is 12.2. The summed E-state index contributed by atoms with van der Waals surface area (Å²) in [7, 11) is 1.64. The second kappa shape index (κ2) is 5.99. The van der Waals surface area contributed by atoms with Crippen LogP contribution in [-0.4, -0.2) is 22.7 Å². The highest BCUT2D eigenvalue weighted by molar-refractivity contribution is 5.95. The van der Waals surface area contributed by atoms with E-state index in [2.05, 4.69) is 18.9 Å². The molecule has 0 atom stereocenters. The highest BCUT2D eigenvalue weighted by Crippen LogP contribution is 2.23. The van der Waals surface area contributed by atoms with Crippen molar-refractivity contribution in [3.05, 3.63) is 46.3 Å². The van der Waals surface area contributed by atoms with E-state index in [1.54, 1.807) is 13.2 Å². The van der Waals surface area contributed by atoms with E-state index in [9.17, 15) is 0 Å². The number of benzene rings is 1. The number of ether oxygens (including phenoxy) is 1. The van der Waals surface area contributed by atoms with Gasteiger partial charge in [0.25, 0.3) is 0 Å². The van der Waals surface area contributed by atoms with Crippen LogP contribution in [0.4, 0.5) is 0 Å². The molecule has 21 heavy (non-hydrogen) atoms. The first kappa shape index (κ1) is 15.1. The van der Waals surface area contributed by atoms with E-state index in [1.165, 1.54) is 11.3 Å². The van der Waals surface area contributed by atoms with Crippen LogP contribution in [0, 0.1) is 19.3 Å². The first-order valence-electron chi connectivity index (χ1n) is 7.02. The van der Waals surface area contributed by atoms with Gasteiger partial charge in [0.2, 0.25) is 0 Å². The van der Waals surface area contributed by atoms with Crippen molar-refractivity contribution < 1.29 is 4.74 Å². The maximum atomic E-state index is 7.56. The van der Waals surface area contributed by atoms with Gasteiger partial charge in [-0.15, -0.1) is 0 Å². The largest absolute Gasteiger partial charge is 0.496 e. The molecule has 0 bridgehead atoms. The van der Waals surface area contributed by atoms with Crippen LogP contribution in [0.2, 0.25) is 0 Å². The van der Waals surface area contributed by atoms with E-state index in [0.29, 0.717) is 12.1 Å². The van der Waals surface area contributed by atoms with Crippen molar-refractivity contribution in [2.45, 2.75) is 33.7 Å². The summed E-state index contributed by atoms with van der Waals surface area (Å²) in [5.74, 6) is 0.840. The molecule has 0 aliphatic heterocycles. The minimum atomic E-state index is 0.0570. The van der Waals surface area contributed by atoms with Crippen LogP contribution < -0.4 is 10.5 Å². The number of hydrogen-bond acceptors (Lipinski definition) is 3. The van der Waals surface area contributed by atoms with Gasteiger partial charge in [0, 0.05) is 16.8 Å². The fourth-order valence-electron chi connectivity index (χ4n) is 2.63. The van der Waals surface area contributed by atoms with Crippen molar-refractivity contribution in [1.29, 1.82) is 5.41 Å². The van der Waals surface area contributed by atoms with Crippen molar-refractivity contribution in [2.24, 2.45) is 5.73 Å². The van der Waals surface area contributed by atoms with Gasteiger partial charge in [-0.25, -0.2) is 0 Å². The third-order valence-corrected chi connectivity index (χ3v) is 3.80. The Bertz CT molecular complexity index is 673. The van der Waals surface area contributed by atoms with Gasteiger partial charge in [0.1, 0.15) is 11.6 Å². The van der Waals surface area contributed by atoms with Gasteiger partial charge in [0.15, 0.2) is 0 Å². The minimum absolute atomic E-state index is 0.0570. The number of aromatic nitrogens is 2. The highest BCUT2D eigenvalue weighted by Gasteiger charge is 2.13.